The van der Waals surface area contributed by atoms with Gasteiger partial charge in [-0.15, -0.1) is 0 Å². The quantitative estimate of drug-likeness (QED) is 0.240. The zero-order chi connectivity index (χ0) is 30.4. The largest absolute Gasteiger partial charge is 0.390 e. The Kier molecular flexibility index (Phi) is 14.5. The molecule has 8 nitrogen and oxygen atoms in total. The van der Waals surface area contributed by atoms with Gasteiger partial charge in [-0.3, -0.25) is 19.4 Å². The fourth-order valence-corrected chi connectivity index (χ4v) is 4.75. The van der Waals surface area contributed by atoms with Crippen molar-refractivity contribution in [3.63, 3.8) is 0 Å². The zero-order valence-corrected chi connectivity index (χ0v) is 25.8. The van der Waals surface area contributed by atoms with Gasteiger partial charge >= 0.3 is 0 Å². The number of aliphatic hydroxyl groups is 1. The van der Waals surface area contributed by atoms with Crippen LogP contribution in [0.1, 0.15) is 92.1 Å². The molecule has 41 heavy (non-hydrogen) atoms. The van der Waals surface area contributed by atoms with Crippen LogP contribution in [0, 0.1) is 12.8 Å². The SMILES string of the molecule is CCCN(CCC)C(=O)c1cc(C)cc(C(=O)N[C@@H](Cc2ccccc2)[C@@H](O)CNN(CC)C(=O)CCC(C)C)c1. The molecule has 0 radical (unpaired) electrons. The standard InChI is InChI=1S/C33H50N4O4/c1-7-17-36(18-8-2)33(41)28-20-25(6)19-27(22-28)32(40)35-29(21-26-13-11-10-12-14-26)30(38)23-34-37(9-3)31(39)16-15-24(4)5/h10-14,19-20,22,24,29-30,34,38H,7-9,15-18,21,23H2,1-6H3,(H,35,40)/t29-,30-/m0/s1. The first-order valence-electron chi connectivity index (χ1n) is 15.1. The number of carbonyl (C=O) groups is 3. The van der Waals surface area contributed by atoms with E-state index >= 15 is 0 Å². The molecule has 2 rings (SSSR count). The smallest absolute Gasteiger partial charge is 0.253 e. The second-order valence-electron chi connectivity index (χ2n) is 11.1. The van der Waals surface area contributed by atoms with E-state index < -0.39 is 12.1 Å². The van der Waals surface area contributed by atoms with Crippen LogP contribution in [-0.4, -0.2) is 71.1 Å². The fraction of sp³-hybridized carbons (Fsp3) is 0.545. The highest BCUT2D eigenvalue weighted by Gasteiger charge is 2.25. The average Bonchev–Trinajstić information content (AvgIpc) is 2.95. The molecule has 0 aliphatic carbocycles. The number of nitrogens with zero attached hydrogens (tertiary/aromatic N) is 2. The minimum absolute atomic E-state index is 0.0193. The number of aryl methyl sites for hydroxylation is 1. The van der Waals surface area contributed by atoms with E-state index in [2.05, 4.69) is 24.6 Å². The first-order chi connectivity index (χ1) is 19.6. The predicted octanol–water partition coefficient (Wildman–Crippen LogP) is 4.75. The molecule has 2 aromatic rings. The Morgan fingerprint density at radius 3 is 2.15 bits per heavy atom. The Morgan fingerprint density at radius 2 is 1.56 bits per heavy atom. The Labute approximate surface area is 246 Å². The van der Waals surface area contributed by atoms with Gasteiger partial charge in [0.05, 0.1) is 12.1 Å². The normalized spacial score (nSPS) is 12.6. The number of hydrogen-bond acceptors (Lipinski definition) is 5. The molecule has 0 fully saturated rings. The van der Waals surface area contributed by atoms with E-state index in [1.165, 1.54) is 5.01 Å². The van der Waals surface area contributed by atoms with E-state index in [0.717, 1.165) is 30.4 Å². The first kappa shape index (κ1) is 34.0. The second-order valence-corrected chi connectivity index (χ2v) is 11.1. The van der Waals surface area contributed by atoms with Crippen molar-refractivity contribution < 1.29 is 19.5 Å². The molecule has 2 aromatic carbocycles. The third-order valence-electron chi connectivity index (χ3n) is 6.98. The van der Waals surface area contributed by atoms with Crippen LogP contribution in [0.15, 0.2) is 48.5 Å². The molecule has 0 bridgehead atoms. The van der Waals surface area contributed by atoms with Crippen LogP contribution >= 0.6 is 0 Å². The van der Waals surface area contributed by atoms with Gasteiger partial charge in [-0.05, 0) is 74.8 Å². The number of hydrazine groups is 1. The van der Waals surface area contributed by atoms with Gasteiger partial charge in [-0.1, -0.05) is 58.0 Å². The van der Waals surface area contributed by atoms with Gasteiger partial charge in [0, 0.05) is 43.7 Å². The number of benzene rings is 2. The van der Waals surface area contributed by atoms with Crippen LogP contribution in [0.5, 0.6) is 0 Å². The van der Waals surface area contributed by atoms with E-state index in [9.17, 15) is 19.5 Å². The Bertz CT molecular complexity index is 1100. The Balaban J connectivity index is 2.23. The molecule has 3 N–H and O–H groups in total. The van der Waals surface area contributed by atoms with Crippen LogP contribution in [0.4, 0.5) is 0 Å². The molecule has 0 saturated carbocycles. The predicted molar refractivity (Wildman–Crippen MR) is 165 cm³/mol. The summed E-state index contributed by atoms with van der Waals surface area (Å²) in [4.78, 5) is 41.2. The summed E-state index contributed by atoms with van der Waals surface area (Å²) in [5.41, 5.74) is 5.71. The first-order valence-corrected chi connectivity index (χ1v) is 15.1. The lowest BCUT2D eigenvalue weighted by atomic mass is 9.99. The van der Waals surface area contributed by atoms with Gasteiger partial charge < -0.3 is 15.3 Å². The number of nitrogens with one attached hydrogen (secondary N) is 2. The molecule has 0 aliphatic heterocycles. The number of hydrogen-bond donors (Lipinski definition) is 3. The van der Waals surface area contributed by atoms with Crippen LogP contribution in [0.3, 0.4) is 0 Å². The third kappa shape index (κ3) is 11.3. The van der Waals surface area contributed by atoms with Crippen molar-refractivity contribution in [1.82, 2.24) is 20.7 Å². The van der Waals surface area contributed by atoms with E-state index in [0.29, 0.717) is 49.5 Å². The number of aliphatic hydroxyl groups excluding tert-OH is 1. The van der Waals surface area contributed by atoms with E-state index in [1.54, 1.807) is 12.1 Å². The van der Waals surface area contributed by atoms with Gasteiger partial charge in [0.1, 0.15) is 0 Å². The fourth-order valence-electron chi connectivity index (χ4n) is 4.75. The lowest BCUT2D eigenvalue weighted by molar-refractivity contribution is -0.135. The molecule has 0 spiro atoms. The lowest BCUT2D eigenvalue weighted by Gasteiger charge is -2.28. The highest BCUT2D eigenvalue weighted by Crippen LogP contribution is 2.15. The minimum Gasteiger partial charge on any atom is -0.390 e. The van der Waals surface area contributed by atoms with Crippen LogP contribution in [0.2, 0.25) is 0 Å². The van der Waals surface area contributed by atoms with E-state index in [-0.39, 0.29) is 24.3 Å². The van der Waals surface area contributed by atoms with E-state index in [4.69, 9.17) is 0 Å². The minimum atomic E-state index is -0.971. The van der Waals surface area contributed by atoms with E-state index in [1.807, 2.05) is 69.0 Å². The van der Waals surface area contributed by atoms with Crippen LogP contribution < -0.4 is 10.7 Å². The van der Waals surface area contributed by atoms with Crippen molar-refractivity contribution in [2.45, 2.75) is 85.8 Å². The molecule has 0 unspecified atom stereocenters. The zero-order valence-electron chi connectivity index (χ0n) is 25.8. The van der Waals surface area contributed by atoms with Crippen molar-refractivity contribution in [1.29, 1.82) is 0 Å². The summed E-state index contributed by atoms with van der Waals surface area (Å²) in [5.74, 6) is -0.0411. The molecule has 0 aliphatic rings. The van der Waals surface area contributed by atoms with Crippen LogP contribution in [-0.2, 0) is 11.2 Å². The lowest BCUT2D eigenvalue weighted by Crippen LogP contribution is -2.52. The summed E-state index contributed by atoms with van der Waals surface area (Å²) in [7, 11) is 0. The van der Waals surface area contributed by atoms with Crippen molar-refractivity contribution >= 4 is 17.7 Å². The summed E-state index contributed by atoms with van der Waals surface area (Å²) >= 11 is 0. The second kappa shape index (κ2) is 17.6. The Hall–Kier alpha value is -3.23. The Morgan fingerprint density at radius 1 is 0.927 bits per heavy atom. The average molecular weight is 567 g/mol. The van der Waals surface area contributed by atoms with Gasteiger partial charge in [0.2, 0.25) is 5.91 Å². The molecule has 3 amide bonds. The number of amides is 3. The highest BCUT2D eigenvalue weighted by molar-refractivity contribution is 6.00. The van der Waals surface area contributed by atoms with Gasteiger partial charge in [0.25, 0.3) is 11.8 Å². The molecule has 8 heteroatoms. The molecule has 0 aromatic heterocycles. The molecule has 0 heterocycles. The van der Waals surface area contributed by atoms with Crippen molar-refractivity contribution in [3.8, 4) is 0 Å². The van der Waals surface area contributed by atoms with Crippen molar-refractivity contribution in [2.75, 3.05) is 26.2 Å². The molecular weight excluding hydrogens is 516 g/mol. The highest BCUT2D eigenvalue weighted by atomic mass is 16.3. The maximum Gasteiger partial charge on any atom is 0.253 e. The van der Waals surface area contributed by atoms with Gasteiger partial charge in [-0.25, -0.2) is 5.43 Å². The van der Waals surface area contributed by atoms with Gasteiger partial charge in [-0.2, -0.15) is 0 Å². The summed E-state index contributed by atoms with van der Waals surface area (Å²) in [5, 5.41) is 15.8. The monoisotopic (exact) mass is 566 g/mol. The summed E-state index contributed by atoms with van der Waals surface area (Å²) in [6, 6.07) is 14.2. The van der Waals surface area contributed by atoms with Crippen molar-refractivity contribution in [2.24, 2.45) is 5.92 Å². The maximum atomic E-state index is 13.5. The van der Waals surface area contributed by atoms with Crippen LogP contribution in [0.25, 0.3) is 0 Å². The van der Waals surface area contributed by atoms with Crippen molar-refractivity contribution in [3.05, 3.63) is 70.8 Å². The number of rotatable bonds is 17. The summed E-state index contributed by atoms with van der Waals surface area (Å²) in [6.45, 7) is 13.9. The third-order valence-corrected chi connectivity index (χ3v) is 6.98. The van der Waals surface area contributed by atoms with Gasteiger partial charge in [0.15, 0.2) is 0 Å². The number of carbonyl (C=O) groups excluding carboxylic acids is 3. The topological polar surface area (TPSA) is 102 Å². The molecule has 0 saturated heterocycles. The summed E-state index contributed by atoms with van der Waals surface area (Å²) in [6.07, 6.45) is 2.37. The maximum absolute atomic E-state index is 13.5. The summed E-state index contributed by atoms with van der Waals surface area (Å²) < 4.78 is 0. The molecule has 226 valence electrons. The molecular formula is C33H50N4O4. The molecule has 2 atom stereocenters.